The third-order valence-corrected chi connectivity index (χ3v) is 2.28. The van der Waals surface area contributed by atoms with Crippen molar-refractivity contribution in [2.24, 2.45) is 0 Å². The van der Waals surface area contributed by atoms with Gasteiger partial charge in [0.15, 0.2) is 11.9 Å². The SMILES string of the molecule is COc1ccc[n+](NC(=O)c2ccccc2)c1. The Hall–Kier alpha value is -2.36. The van der Waals surface area contributed by atoms with E-state index in [2.05, 4.69) is 5.43 Å². The molecule has 4 nitrogen and oxygen atoms in total. The highest BCUT2D eigenvalue weighted by molar-refractivity contribution is 5.98. The topological polar surface area (TPSA) is 42.2 Å². The first kappa shape index (κ1) is 11.1. The van der Waals surface area contributed by atoms with Crippen LogP contribution in [0.3, 0.4) is 0 Å². The maximum absolute atomic E-state index is 11.8. The minimum atomic E-state index is -0.163. The second-order valence-corrected chi connectivity index (χ2v) is 3.46. The number of benzene rings is 1. The Balaban J connectivity index is 2.13. The summed E-state index contributed by atoms with van der Waals surface area (Å²) in [5, 5.41) is 0. The Labute approximate surface area is 99.4 Å². The highest BCUT2D eigenvalue weighted by Crippen LogP contribution is 2.03. The summed E-state index contributed by atoms with van der Waals surface area (Å²) in [5.74, 6) is 0.518. The van der Waals surface area contributed by atoms with Gasteiger partial charge in [0.1, 0.15) is 0 Å². The number of nitrogens with zero attached hydrogens (tertiary/aromatic N) is 1. The van der Waals surface area contributed by atoms with Crippen LogP contribution in [-0.4, -0.2) is 13.0 Å². The molecule has 0 atom stereocenters. The standard InChI is InChI=1S/C13H12N2O2/c1-17-12-8-5-9-15(10-12)14-13(16)11-6-3-2-4-7-11/h2-10H,1H3/p+1. The lowest BCUT2D eigenvalue weighted by Gasteiger charge is -2.01. The Kier molecular flexibility index (Phi) is 3.35. The zero-order chi connectivity index (χ0) is 12.1. The number of amides is 1. The van der Waals surface area contributed by atoms with Gasteiger partial charge in [0.25, 0.3) is 0 Å². The van der Waals surface area contributed by atoms with Crippen molar-refractivity contribution < 1.29 is 14.2 Å². The van der Waals surface area contributed by atoms with Crippen LogP contribution >= 0.6 is 0 Å². The molecule has 0 bridgehead atoms. The van der Waals surface area contributed by atoms with Gasteiger partial charge in [-0.3, -0.25) is 4.79 Å². The molecule has 0 aliphatic heterocycles. The molecule has 0 aliphatic carbocycles. The number of pyridine rings is 1. The fourth-order valence-corrected chi connectivity index (χ4v) is 1.42. The number of carbonyl (C=O) groups is 1. The molecule has 0 radical (unpaired) electrons. The molecular weight excluding hydrogens is 216 g/mol. The van der Waals surface area contributed by atoms with E-state index < -0.39 is 0 Å². The summed E-state index contributed by atoms with van der Waals surface area (Å²) in [6.45, 7) is 0. The minimum absolute atomic E-state index is 0.163. The average Bonchev–Trinajstić information content (AvgIpc) is 2.40. The lowest BCUT2D eigenvalue weighted by molar-refractivity contribution is -0.641. The Morgan fingerprint density at radius 1 is 1.18 bits per heavy atom. The number of hydrogen-bond acceptors (Lipinski definition) is 2. The maximum atomic E-state index is 11.8. The van der Waals surface area contributed by atoms with Gasteiger partial charge >= 0.3 is 5.91 Å². The second-order valence-electron chi connectivity index (χ2n) is 3.46. The highest BCUT2D eigenvalue weighted by Gasteiger charge is 2.10. The van der Waals surface area contributed by atoms with E-state index in [1.807, 2.05) is 24.3 Å². The van der Waals surface area contributed by atoms with Crippen molar-refractivity contribution in [1.82, 2.24) is 0 Å². The minimum Gasteiger partial charge on any atom is -0.491 e. The van der Waals surface area contributed by atoms with E-state index in [9.17, 15) is 4.79 Å². The molecule has 0 fully saturated rings. The predicted molar refractivity (Wildman–Crippen MR) is 63.3 cm³/mol. The van der Waals surface area contributed by atoms with Crippen LogP contribution in [0.5, 0.6) is 5.75 Å². The maximum Gasteiger partial charge on any atom is 0.305 e. The number of methoxy groups -OCH3 is 1. The fourth-order valence-electron chi connectivity index (χ4n) is 1.42. The van der Waals surface area contributed by atoms with Gasteiger partial charge in [0, 0.05) is 11.6 Å². The van der Waals surface area contributed by atoms with Gasteiger partial charge in [0.2, 0.25) is 6.20 Å². The molecule has 0 unspecified atom stereocenters. The number of rotatable bonds is 3. The number of aromatic nitrogens is 1. The van der Waals surface area contributed by atoms with Crippen molar-refractivity contribution in [3.63, 3.8) is 0 Å². The smallest absolute Gasteiger partial charge is 0.305 e. The fraction of sp³-hybridized carbons (Fsp3) is 0.0769. The van der Waals surface area contributed by atoms with Crippen molar-refractivity contribution in [3.8, 4) is 5.75 Å². The van der Waals surface area contributed by atoms with Crippen LogP contribution in [0.25, 0.3) is 0 Å². The average molecular weight is 229 g/mol. The van der Waals surface area contributed by atoms with E-state index >= 15 is 0 Å². The van der Waals surface area contributed by atoms with E-state index in [0.717, 1.165) is 0 Å². The third-order valence-electron chi connectivity index (χ3n) is 2.28. The van der Waals surface area contributed by atoms with Crippen molar-refractivity contribution in [3.05, 3.63) is 60.4 Å². The van der Waals surface area contributed by atoms with Crippen LogP contribution in [0, 0.1) is 0 Å². The second kappa shape index (κ2) is 5.12. The van der Waals surface area contributed by atoms with Gasteiger partial charge in [-0.1, -0.05) is 22.9 Å². The molecule has 86 valence electrons. The summed E-state index contributed by atoms with van der Waals surface area (Å²) in [4.78, 5) is 11.8. The van der Waals surface area contributed by atoms with E-state index in [4.69, 9.17) is 4.74 Å². The van der Waals surface area contributed by atoms with Crippen molar-refractivity contribution in [2.75, 3.05) is 12.5 Å². The molecule has 4 heteroatoms. The van der Waals surface area contributed by atoms with E-state index in [0.29, 0.717) is 11.3 Å². The molecule has 2 aromatic rings. The molecule has 1 amide bonds. The van der Waals surface area contributed by atoms with Crippen molar-refractivity contribution >= 4 is 5.91 Å². The Bertz CT molecular complexity index is 512. The quantitative estimate of drug-likeness (QED) is 0.808. The molecular formula is C13H13N2O2+. The molecule has 17 heavy (non-hydrogen) atoms. The number of carbonyl (C=O) groups excluding carboxylic acids is 1. The normalized spacial score (nSPS) is 9.71. The van der Waals surface area contributed by atoms with Gasteiger partial charge in [0.05, 0.1) is 7.11 Å². The van der Waals surface area contributed by atoms with Crippen LogP contribution in [0.15, 0.2) is 54.9 Å². The molecule has 0 saturated carbocycles. The number of nitrogens with one attached hydrogen (secondary N) is 1. The van der Waals surface area contributed by atoms with Crippen LogP contribution in [-0.2, 0) is 0 Å². The van der Waals surface area contributed by atoms with Gasteiger partial charge < -0.3 is 4.74 Å². The molecule has 0 spiro atoms. The lowest BCUT2D eigenvalue weighted by atomic mass is 10.2. The van der Waals surface area contributed by atoms with Crippen molar-refractivity contribution in [1.29, 1.82) is 0 Å². The summed E-state index contributed by atoms with van der Waals surface area (Å²) in [7, 11) is 1.58. The Morgan fingerprint density at radius 2 is 1.94 bits per heavy atom. The third kappa shape index (κ3) is 2.81. The Morgan fingerprint density at radius 3 is 2.65 bits per heavy atom. The summed E-state index contributed by atoms with van der Waals surface area (Å²) < 4.78 is 6.63. The summed E-state index contributed by atoms with van der Waals surface area (Å²) in [5.41, 5.74) is 3.34. The molecule has 1 N–H and O–H groups in total. The van der Waals surface area contributed by atoms with Crippen LogP contribution in [0.2, 0.25) is 0 Å². The molecule has 0 saturated heterocycles. The van der Waals surface area contributed by atoms with Crippen LogP contribution in [0.1, 0.15) is 10.4 Å². The molecule has 1 aromatic heterocycles. The molecule has 0 aliphatic rings. The highest BCUT2D eigenvalue weighted by atomic mass is 16.5. The summed E-state index contributed by atoms with van der Waals surface area (Å²) >= 11 is 0. The van der Waals surface area contributed by atoms with Crippen LogP contribution < -0.4 is 14.8 Å². The number of ether oxygens (including phenoxy) is 1. The van der Waals surface area contributed by atoms with E-state index in [-0.39, 0.29) is 5.91 Å². The molecule has 1 aromatic carbocycles. The van der Waals surface area contributed by atoms with E-state index in [1.54, 1.807) is 42.4 Å². The zero-order valence-electron chi connectivity index (χ0n) is 9.46. The number of hydrogen-bond donors (Lipinski definition) is 1. The first-order valence-corrected chi connectivity index (χ1v) is 5.21. The largest absolute Gasteiger partial charge is 0.491 e. The molecule has 2 rings (SSSR count). The summed E-state index contributed by atoms with van der Waals surface area (Å²) in [6.07, 6.45) is 3.43. The van der Waals surface area contributed by atoms with E-state index in [1.165, 1.54) is 0 Å². The summed E-state index contributed by atoms with van der Waals surface area (Å²) in [6, 6.07) is 12.6. The first-order valence-electron chi connectivity index (χ1n) is 5.21. The van der Waals surface area contributed by atoms with Crippen molar-refractivity contribution in [2.45, 2.75) is 0 Å². The predicted octanol–water partition coefficient (Wildman–Crippen LogP) is 1.37. The van der Waals surface area contributed by atoms with Gasteiger partial charge in [-0.05, 0) is 18.2 Å². The lowest BCUT2D eigenvalue weighted by Crippen LogP contribution is -2.47. The van der Waals surface area contributed by atoms with Crippen LogP contribution in [0.4, 0.5) is 0 Å². The van der Waals surface area contributed by atoms with Gasteiger partial charge in [-0.15, -0.1) is 5.43 Å². The monoisotopic (exact) mass is 229 g/mol. The van der Waals surface area contributed by atoms with Gasteiger partial charge in [-0.25, -0.2) is 0 Å². The zero-order valence-corrected chi connectivity index (χ0v) is 9.46. The molecule has 1 heterocycles. The first-order chi connectivity index (χ1) is 8.29. The van der Waals surface area contributed by atoms with Gasteiger partial charge in [-0.2, -0.15) is 0 Å².